The van der Waals surface area contributed by atoms with Crippen LogP contribution in [0, 0.1) is 6.92 Å². The molecule has 7 heteroatoms. The quantitative estimate of drug-likeness (QED) is 0.273. The van der Waals surface area contributed by atoms with Crippen LogP contribution >= 0.6 is 15.9 Å². The Morgan fingerprint density at radius 1 is 0.909 bits per heavy atom. The lowest BCUT2D eigenvalue weighted by atomic mass is 10.0. The molecule has 3 aromatic carbocycles. The highest BCUT2D eigenvalue weighted by atomic mass is 79.9. The summed E-state index contributed by atoms with van der Waals surface area (Å²) in [6.07, 6.45) is 0. The molecular weight excluding hydrogens is 484 g/mol. The summed E-state index contributed by atoms with van der Waals surface area (Å²) in [6.45, 7) is 1.70. The van der Waals surface area contributed by atoms with E-state index in [-0.39, 0.29) is 11.5 Å². The third-order valence-electron chi connectivity index (χ3n) is 5.27. The number of aromatic nitrogens is 1. The standard InChI is InChI=1S/C26H17BrN2O4/c1-15-21(24(33-29-15)17-7-3-2-4-8-17)26(31)28-22-19-9-5-6-10-20(19)32-25(22)23(30)16-11-13-18(27)14-12-16/h2-14H,1H3,(H,28,31). The van der Waals surface area contributed by atoms with Gasteiger partial charge in [0.25, 0.3) is 5.91 Å². The van der Waals surface area contributed by atoms with Crippen molar-refractivity contribution in [2.45, 2.75) is 6.92 Å². The van der Waals surface area contributed by atoms with Crippen LogP contribution in [0.3, 0.4) is 0 Å². The summed E-state index contributed by atoms with van der Waals surface area (Å²) in [7, 11) is 0. The first kappa shape index (κ1) is 20.9. The van der Waals surface area contributed by atoms with E-state index in [9.17, 15) is 9.59 Å². The van der Waals surface area contributed by atoms with Gasteiger partial charge < -0.3 is 14.3 Å². The molecule has 2 aromatic heterocycles. The molecule has 0 atom stereocenters. The number of furan rings is 1. The summed E-state index contributed by atoms with van der Waals surface area (Å²) in [4.78, 5) is 26.7. The number of halogens is 1. The molecule has 0 spiro atoms. The molecular formula is C26H17BrN2O4. The Morgan fingerprint density at radius 3 is 2.36 bits per heavy atom. The van der Waals surface area contributed by atoms with E-state index in [0.29, 0.717) is 39.2 Å². The fraction of sp³-hybridized carbons (Fsp3) is 0.0385. The summed E-state index contributed by atoms with van der Waals surface area (Å²) < 4.78 is 12.2. The number of fused-ring (bicyclic) bond motifs is 1. The summed E-state index contributed by atoms with van der Waals surface area (Å²) >= 11 is 3.37. The lowest BCUT2D eigenvalue weighted by Crippen LogP contribution is -2.15. The molecule has 0 aliphatic carbocycles. The minimum atomic E-state index is -0.441. The van der Waals surface area contributed by atoms with Crippen LogP contribution in [0.25, 0.3) is 22.3 Å². The minimum Gasteiger partial charge on any atom is -0.450 e. The van der Waals surface area contributed by atoms with E-state index in [4.69, 9.17) is 8.94 Å². The summed E-state index contributed by atoms with van der Waals surface area (Å²) in [5.74, 6) is -0.357. The fourth-order valence-corrected chi connectivity index (χ4v) is 3.93. The average molecular weight is 501 g/mol. The number of rotatable bonds is 5. The van der Waals surface area contributed by atoms with Crippen molar-refractivity contribution in [3.05, 3.63) is 106 Å². The van der Waals surface area contributed by atoms with Crippen LogP contribution in [0.4, 0.5) is 5.69 Å². The molecule has 5 aromatic rings. The zero-order chi connectivity index (χ0) is 22.9. The van der Waals surface area contributed by atoms with Crippen molar-refractivity contribution < 1.29 is 18.5 Å². The molecule has 0 bridgehead atoms. The maximum atomic E-state index is 13.4. The lowest BCUT2D eigenvalue weighted by molar-refractivity contribution is 0.101. The Morgan fingerprint density at radius 2 is 1.61 bits per heavy atom. The molecule has 1 amide bonds. The van der Waals surface area contributed by atoms with Gasteiger partial charge in [0.15, 0.2) is 11.5 Å². The number of amides is 1. The van der Waals surface area contributed by atoms with Gasteiger partial charge in [0.1, 0.15) is 11.1 Å². The number of nitrogens with one attached hydrogen (secondary N) is 1. The summed E-state index contributed by atoms with van der Waals surface area (Å²) in [5, 5.41) is 7.50. The lowest BCUT2D eigenvalue weighted by Gasteiger charge is -2.07. The number of anilines is 1. The van der Waals surface area contributed by atoms with Crippen molar-refractivity contribution in [2.75, 3.05) is 5.32 Å². The van der Waals surface area contributed by atoms with Crippen molar-refractivity contribution in [3.8, 4) is 11.3 Å². The Hall–Kier alpha value is -3.97. The van der Waals surface area contributed by atoms with Crippen LogP contribution in [0.2, 0.25) is 0 Å². The predicted octanol–water partition coefficient (Wildman–Crippen LogP) is 6.64. The molecule has 0 fully saturated rings. The minimum absolute atomic E-state index is 0.0576. The van der Waals surface area contributed by atoms with E-state index in [1.807, 2.05) is 42.5 Å². The molecule has 0 saturated heterocycles. The molecule has 0 aliphatic rings. The number of carbonyl (C=O) groups is 2. The molecule has 0 unspecified atom stereocenters. The number of benzene rings is 3. The second-order valence-electron chi connectivity index (χ2n) is 7.43. The Kier molecular flexibility index (Phi) is 5.40. The van der Waals surface area contributed by atoms with Crippen LogP contribution in [-0.2, 0) is 0 Å². The van der Waals surface area contributed by atoms with E-state index in [2.05, 4.69) is 26.4 Å². The monoisotopic (exact) mass is 500 g/mol. The summed E-state index contributed by atoms with van der Waals surface area (Å²) in [6, 6.07) is 23.4. The number of carbonyl (C=O) groups excluding carboxylic acids is 2. The Bertz CT molecular complexity index is 1480. The first-order chi connectivity index (χ1) is 16.0. The van der Waals surface area contributed by atoms with E-state index in [1.54, 1.807) is 43.3 Å². The molecule has 1 N–H and O–H groups in total. The molecule has 2 heterocycles. The molecule has 0 radical (unpaired) electrons. The number of hydrogen-bond donors (Lipinski definition) is 1. The van der Waals surface area contributed by atoms with Gasteiger partial charge in [-0.25, -0.2) is 0 Å². The number of aryl methyl sites for hydroxylation is 1. The second-order valence-corrected chi connectivity index (χ2v) is 8.35. The smallest absolute Gasteiger partial charge is 0.261 e. The number of ketones is 1. The van der Waals surface area contributed by atoms with Gasteiger partial charge in [0.2, 0.25) is 5.78 Å². The van der Waals surface area contributed by atoms with Gasteiger partial charge in [0, 0.05) is 21.0 Å². The van der Waals surface area contributed by atoms with Crippen LogP contribution in [-0.4, -0.2) is 16.8 Å². The Labute approximate surface area is 197 Å². The van der Waals surface area contributed by atoms with Crippen LogP contribution in [0.15, 0.2) is 92.3 Å². The maximum absolute atomic E-state index is 13.4. The van der Waals surface area contributed by atoms with Crippen molar-refractivity contribution >= 4 is 44.3 Å². The van der Waals surface area contributed by atoms with Gasteiger partial charge in [-0.15, -0.1) is 0 Å². The van der Waals surface area contributed by atoms with E-state index < -0.39 is 5.91 Å². The van der Waals surface area contributed by atoms with Gasteiger partial charge >= 0.3 is 0 Å². The largest absolute Gasteiger partial charge is 0.450 e. The highest BCUT2D eigenvalue weighted by molar-refractivity contribution is 9.10. The average Bonchev–Trinajstić information content (AvgIpc) is 3.40. The second kappa shape index (κ2) is 8.52. The first-order valence-electron chi connectivity index (χ1n) is 10.2. The third kappa shape index (κ3) is 3.87. The van der Waals surface area contributed by atoms with Crippen LogP contribution < -0.4 is 5.32 Å². The van der Waals surface area contributed by atoms with Crippen LogP contribution in [0.1, 0.15) is 32.2 Å². The zero-order valence-electron chi connectivity index (χ0n) is 17.5. The fourth-order valence-electron chi connectivity index (χ4n) is 3.66. The third-order valence-corrected chi connectivity index (χ3v) is 5.80. The highest BCUT2D eigenvalue weighted by Crippen LogP contribution is 2.34. The van der Waals surface area contributed by atoms with Crippen molar-refractivity contribution in [1.29, 1.82) is 0 Å². The zero-order valence-corrected chi connectivity index (χ0v) is 19.0. The van der Waals surface area contributed by atoms with Crippen molar-refractivity contribution in [2.24, 2.45) is 0 Å². The normalized spacial score (nSPS) is 11.0. The van der Waals surface area contributed by atoms with Crippen molar-refractivity contribution in [3.63, 3.8) is 0 Å². The van der Waals surface area contributed by atoms with E-state index >= 15 is 0 Å². The summed E-state index contributed by atoms with van der Waals surface area (Å²) in [5.41, 5.74) is 2.72. The number of para-hydroxylation sites is 1. The topological polar surface area (TPSA) is 85.3 Å². The van der Waals surface area contributed by atoms with Gasteiger partial charge in [-0.05, 0) is 43.3 Å². The molecule has 162 valence electrons. The first-order valence-corrected chi connectivity index (χ1v) is 11.0. The molecule has 33 heavy (non-hydrogen) atoms. The van der Waals surface area contributed by atoms with E-state index in [0.717, 1.165) is 10.0 Å². The van der Waals surface area contributed by atoms with E-state index in [1.165, 1.54) is 0 Å². The van der Waals surface area contributed by atoms with Gasteiger partial charge in [0.05, 0.1) is 11.4 Å². The maximum Gasteiger partial charge on any atom is 0.261 e. The molecule has 0 saturated carbocycles. The Balaban J connectivity index is 1.58. The number of hydrogen-bond acceptors (Lipinski definition) is 5. The number of nitrogens with zero attached hydrogens (tertiary/aromatic N) is 1. The highest BCUT2D eigenvalue weighted by Gasteiger charge is 2.27. The molecule has 0 aliphatic heterocycles. The predicted molar refractivity (Wildman–Crippen MR) is 128 cm³/mol. The van der Waals surface area contributed by atoms with Gasteiger partial charge in [-0.2, -0.15) is 0 Å². The SMILES string of the molecule is Cc1noc(-c2ccccc2)c1C(=O)Nc1c(C(=O)c2ccc(Br)cc2)oc2ccccc12. The van der Waals surface area contributed by atoms with Gasteiger partial charge in [-0.1, -0.05) is 63.6 Å². The van der Waals surface area contributed by atoms with Crippen LogP contribution in [0.5, 0.6) is 0 Å². The van der Waals surface area contributed by atoms with Gasteiger partial charge in [-0.3, -0.25) is 9.59 Å². The molecule has 6 nitrogen and oxygen atoms in total. The molecule has 5 rings (SSSR count). The van der Waals surface area contributed by atoms with Crippen molar-refractivity contribution in [1.82, 2.24) is 5.16 Å².